The number of benzene rings is 1. The molecule has 0 radical (unpaired) electrons. The minimum atomic E-state index is 0.669. The summed E-state index contributed by atoms with van der Waals surface area (Å²) in [5.41, 5.74) is 4.02. The van der Waals surface area contributed by atoms with E-state index in [4.69, 9.17) is 0 Å². The smallest absolute Gasteiger partial charge is 0.0680 e. The number of nitrogens with zero attached hydrogens (tertiary/aromatic N) is 2. The minimum Gasteiger partial charge on any atom is -0.303 e. The van der Waals surface area contributed by atoms with Crippen LogP contribution < -0.4 is 0 Å². The molecule has 1 aromatic rings. The number of hydrogen-bond acceptors (Lipinski definition) is 2. The number of fused-ring (bicyclic) bond motifs is 1. The van der Waals surface area contributed by atoms with Crippen LogP contribution in [0.25, 0.3) is 0 Å². The molecule has 0 N–H and O–H groups in total. The maximum absolute atomic E-state index is 4.56. The van der Waals surface area contributed by atoms with Crippen LogP contribution in [0.15, 0.2) is 29.4 Å². The standard InChI is InChI=1S/C13H18N2/c1-10-8-9-13(14-15(2)3)12-7-5-4-6-11(10)12/h4-7,10H,8-9H2,1-3H3/b14-13-/t10-/m0/s1. The molecular formula is C13H18N2. The average molecular weight is 202 g/mol. The zero-order valence-corrected chi connectivity index (χ0v) is 9.70. The summed E-state index contributed by atoms with van der Waals surface area (Å²) in [7, 11) is 3.96. The quantitative estimate of drug-likeness (QED) is 0.639. The van der Waals surface area contributed by atoms with Crippen LogP contribution in [0, 0.1) is 0 Å². The van der Waals surface area contributed by atoms with Crippen molar-refractivity contribution in [2.75, 3.05) is 14.1 Å². The monoisotopic (exact) mass is 202 g/mol. The summed E-state index contributed by atoms with van der Waals surface area (Å²) >= 11 is 0. The molecule has 0 unspecified atom stereocenters. The van der Waals surface area contributed by atoms with E-state index in [0.29, 0.717) is 5.92 Å². The second kappa shape index (κ2) is 4.05. The average Bonchev–Trinajstić information content (AvgIpc) is 2.22. The summed E-state index contributed by atoms with van der Waals surface area (Å²) in [5.74, 6) is 0.669. The van der Waals surface area contributed by atoms with Gasteiger partial charge >= 0.3 is 0 Å². The van der Waals surface area contributed by atoms with E-state index >= 15 is 0 Å². The van der Waals surface area contributed by atoms with Gasteiger partial charge < -0.3 is 5.01 Å². The van der Waals surface area contributed by atoms with Gasteiger partial charge in [-0.25, -0.2) is 0 Å². The predicted molar refractivity (Wildman–Crippen MR) is 64.3 cm³/mol. The van der Waals surface area contributed by atoms with Gasteiger partial charge in [0.2, 0.25) is 0 Å². The maximum Gasteiger partial charge on any atom is 0.0680 e. The highest BCUT2D eigenvalue weighted by atomic mass is 15.4. The van der Waals surface area contributed by atoms with E-state index in [0.717, 1.165) is 6.42 Å². The Kier molecular flexibility index (Phi) is 2.76. The maximum atomic E-state index is 4.56. The van der Waals surface area contributed by atoms with Gasteiger partial charge in [-0.1, -0.05) is 31.2 Å². The van der Waals surface area contributed by atoms with E-state index < -0.39 is 0 Å². The first kappa shape index (κ1) is 10.2. The van der Waals surface area contributed by atoms with Crippen molar-refractivity contribution in [2.24, 2.45) is 5.10 Å². The lowest BCUT2D eigenvalue weighted by atomic mass is 9.83. The van der Waals surface area contributed by atoms with Gasteiger partial charge in [0.15, 0.2) is 0 Å². The van der Waals surface area contributed by atoms with Gasteiger partial charge in [0.25, 0.3) is 0 Å². The van der Waals surface area contributed by atoms with E-state index in [1.165, 1.54) is 23.3 Å². The van der Waals surface area contributed by atoms with Gasteiger partial charge in [0.05, 0.1) is 5.71 Å². The SMILES string of the molecule is C[C@H]1CC/C(=N/N(C)C)c2ccccc21. The van der Waals surface area contributed by atoms with E-state index in [2.05, 4.69) is 36.3 Å². The molecule has 2 rings (SSSR count). The lowest BCUT2D eigenvalue weighted by Gasteiger charge is -2.24. The Labute approximate surface area is 91.6 Å². The fourth-order valence-electron chi connectivity index (χ4n) is 2.18. The molecule has 80 valence electrons. The van der Waals surface area contributed by atoms with Gasteiger partial charge in [-0.15, -0.1) is 0 Å². The first-order valence-electron chi connectivity index (χ1n) is 5.52. The molecule has 0 spiro atoms. The molecule has 0 heterocycles. The highest BCUT2D eigenvalue weighted by Gasteiger charge is 2.20. The minimum absolute atomic E-state index is 0.669. The van der Waals surface area contributed by atoms with Crippen LogP contribution in [-0.2, 0) is 0 Å². The lowest BCUT2D eigenvalue weighted by molar-refractivity contribution is 0.435. The molecule has 0 aromatic heterocycles. The molecule has 15 heavy (non-hydrogen) atoms. The van der Waals surface area contributed by atoms with Gasteiger partial charge in [-0.3, -0.25) is 0 Å². The van der Waals surface area contributed by atoms with Crippen molar-refractivity contribution < 1.29 is 0 Å². The van der Waals surface area contributed by atoms with Crippen molar-refractivity contribution in [1.29, 1.82) is 0 Å². The van der Waals surface area contributed by atoms with Crippen LogP contribution in [0.5, 0.6) is 0 Å². The summed E-state index contributed by atoms with van der Waals surface area (Å²) in [6.07, 6.45) is 2.31. The molecule has 0 amide bonds. The van der Waals surface area contributed by atoms with Crippen LogP contribution in [0.1, 0.15) is 36.8 Å². The fraction of sp³-hybridized carbons (Fsp3) is 0.462. The molecule has 0 fully saturated rings. The second-order valence-corrected chi connectivity index (χ2v) is 4.42. The number of hydrazone groups is 1. The van der Waals surface area contributed by atoms with Gasteiger partial charge in [-0.2, -0.15) is 5.10 Å². The number of hydrogen-bond donors (Lipinski definition) is 0. The third-order valence-electron chi connectivity index (χ3n) is 2.94. The summed E-state index contributed by atoms with van der Waals surface area (Å²) < 4.78 is 0. The van der Waals surface area contributed by atoms with E-state index in [-0.39, 0.29) is 0 Å². The van der Waals surface area contributed by atoms with Crippen molar-refractivity contribution in [1.82, 2.24) is 5.01 Å². The van der Waals surface area contributed by atoms with Crippen molar-refractivity contribution in [2.45, 2.75) is 25.7 Å². The summed E-state index contributed by atoms with van der Waals surface area (Å²) in [6, 6.07) is 8.63. The summed E-state index contributed by atoms with van der Waals surface area (Å²) in [6.45, 7) is 2.30. The highest BCUT2D eigenvalue weighted by molar-refractivity contribution is 6.02. The Morgan fingerprint density at radius 2 is 2.00 bits per heavy atom. The molecule has 0 bridgehead atoms. The van der Waals surface area contributed by atoms with E-state index in [1.54, 1.807) is 0 Å². The zero-order chi connectivity index (χ0) is 10.8. The van der Waals surface area contributed by atoms with Gasteiger partial charge in [0, 0.05) is 19.7 Å². The van der Waals surface area contributed by atoms with Gasteiger partial charge in [0.1, 0.15) is 0 Å². The first-order chi connectivity index (χ1) is 7.18. The Hall–Kier alpha value is -1.31. The lowest BCUT2D eigenvalue weighted by Crippen LogP contribution is -2.18. The van der Waals surface area contributed by atoms with Crippen LogP contribution in [0.3, 0.4) is 0 Å². The Bertz CT molecular complexity index is 380. The molecule has 0 saturated heterocycles. The molecule has 1 atom stereocenters. The van der Waals surface area contributed by atoms with Crippen molar-refractivity contribution >= 4 is 5.71 Å². The first-order valence-corrected chi connectivity index (χ1v) is 5.52. The van der Waals surface area contributed by atoms with Crippen LogP contribution in [-0.4, -0.2) is 24.8 Å². The van der Waals surface area contributed by atoms with Crippen LogP contribution >= 0.6 is 0 Å². The third-order valence-corrected chi connectivity index (χ3v) is 2.94. The molecule has 0 aliphatic heterocycles. The third kappa shape index (κ3) is 2.04. The molecular weight excluding hydrogens is 184 g/mol. The molecule has 1 aliphatic rings. The van der Waals surface area contributed by atoms with Crippen molar-refractivity contribution in [3.8, 4) is 0 Å². The van der Waals surface area contributed by atoms with Crippen LogP contribution in [0.2, 0.25) is 0 Å². The number of rotatable bonds is 1. The molecule has 2 nitrogen and oxygen atoms in total. The predicted octanol–water partition coefficient (Wildman–Crippen LogP) is 2.85. The normalized spacial score (nSPS) is 22.6. The summed E-state index contributed by atoms with van der Waals surface area (Å²) in [5, 5.41) is 6.45. The van der Waals surface area contributed by atoms with Crippen molar-refractivity contribution in [3.05, 3.63) is 35.4 Å². The Morgan fingerprint density at radius 3 is 2.73 bits per heavy atom. The van der Waals surface area contributed by atoms with E-state index in [1.807, 2.05) is 19.1 Å². The summed E-state index contributed by atoms with van der Waals surface area (Å²) in [4.78, 5) is 0. The van der Waals surface area contributed by atoms with E-state index in [9.17, 15) is 0 Å². The molecule has 2 heteroatoms. The second-order valence-electron chi connectivity index (χ2n) is 4.42. The Balaban J connectivity index is 2.45. The zero-order valence-electron chi connectivity index (χ0n) is 9.70. The van der Waals surface area contributed by atoms with Crippen molar-refractivity contribution in [3.63, 3.8) is 0 Å². The fourth-order valence-corrected chi connectivity index (χ4v) is 2.18. The van der Waals surface area contributed by atoms with Gasteiger partial charge in [-0.05, 0) is 24.3 Å². The van der Waals surface area contributed by atoms with Crippen LogP contribution in [0.4, 0.5) is 0 Å². The Morgan fingerprint density at radius 1 is 1.27 bits per heavy atom. The highest BCUT2D eigenvalue weighted by Crippen LogP contribution is 2.31. The molecule has 1 aliphatic carbocycles. The molecule has 1 aromatic carbocycles. The largest absolute Gasteiger partial charge is 0.303 e. The molecule has 0 saturated carbocycles. The topological polar surface area (TPSA) is 15.6 Å².